The van der Waals surface area contributed by atoms with Crippen LogP contribution in [0.4, 0.5) is 0 Å². The number of nitrogens with zero attached hydrogens (tertiary/aromatic N) is 1. The zero-order valence-electron chi connectivity index (χ0n) is 13.5. The van der Waals surface area contributed by atoms with Crippen molar-refractivity contribution >= 4 is 29.2 Å². The van der Waals surface area contributed by atoms with E-state index in [9.17, 15) is 4.79 Å². The maximum Gasteiger partial charge on any atom is 0.310 e. The molecule has 0 fully saturated rings. The highest BCUT2D eigenvalue weighted by atomic mass is 35.5. The standard InChI is InChI=1S/C19H15Cl2NO3/c1-12-17(22-19(25-12)14-5-3-2-4-6-14)11-24-18(23)10-13-7-8-15(20)16(21)9-13/h2-9H,10-11H2,1H3. The third-order valence-corrected chi connectivity index (χ3v) is 4.35. The number of carbonyl (C=O) groups is 1. The lowest BCUT2D eigenvalue weighted by Gasteiger charge is -2.04. The van der Waals surface area contributed by atoms with E-state index in [0.29, 0.717) is 27.4 Å². The Balaban J connectivity index is 1.62. The number of carbonyl (C=O) groups excluding carboxylic acids is 1. The third-order valence-electron chi connectivity index (χ3n) is 3.62. The van der Waals surface area contributed by atoms with Crippen molar-refractivity contribution < 1.29 is 13.9 Å². The third kappa shape index (κ3) is 4.41. The Hall–Kier alpha value is -2.30. The van der Waals surface area contributed by atoms with E-state index in [1.807, 2.05) is 30.3 Å². The van der Waals surface area contributed by atoms with Crippen LogP contribution in [0.5, 0.6) is 0 Å². The summed E-state index contributed by atoms with van der Waals surface area (Å²) in [5.74, 6) is 0.761. The molecule has 0 aliphatic carbocycles. The molecular weight excluding hydrogens is 361 g/mol. The second-order valence-corrected chi connectivity index (χ2v) is 6.29. The maximum absolute atomic E-state index is 12.0. The molecule has 0 saturated heterocycles. The van der Waals surface area contributed by atoms with Gasteiger partial charge in [0.1, 0.15) is 18.1 Å². The minimum Gasteiger partial charge on any atom is -0.459 e. The molecule has 0 spiro atoms. The summed E-state index contributed by atoms with van der Waals surface area (Å²) in [5.41, 5.74) is 2.21. The Bertz CT molecular complexity index is 891. The van der Waals surface area contributed by atoms with E-state index in [-0.39, 0.29) is 19.0 Å². The predicted molar refractivity (Wildman–Crippen MR) is 96.6 cm³/mol. The highest BCUT2D eigenvalue weighted by Crippen LogP contribution is 2.24. The SMILES string of the molecule is Cc1oc(-c2ccccc2)nc1COC(=O)Cc1ccc(Cl)c(Cl)c1. The van der Waals surface area contributed by atoms with Gasteiger partial charge in [-0.1, -0.05) is 47.5 Å². The van der Waals surface area contributed by atoms with Gasteiger partial charge >= 0.3 is 5.97 Å². The van der Waals surface area contributed by atoms with Gasteiger partial charge in [0.15, 0.2) is 0 Å². The van der Waals surface area contributed by atoms with Crippen LogP contribution in [0, 0.1) is 6.92 Å². The molecule has 0 aliphatic rings. The van der Waals surface area contributed by atoms with E-state index < -0.39 is 0 Å². The first-order chi connectivity index (χ1) is 12.0. The fourth-order valence-electron chi connectivity index (χ4n) is 2.28. The molecule has 128 valence electrons. The van der Waals surface area contributed by atoms with Crippen LogP contribution >= 0.6 is 23.2 Å². The van der Waals surface area contributed by atoms with E-state index in [4.69, 9.17) is 32.4 Å². The summed E-state index contributed by atoms with van der Waals surface area (Å²) in [6, 6.07) is 14.6. The summed E-state index contributed by atoms with van der Waals surface area (Å²) < 4.78 is 10.9. The fraction of sp³-hybridized carbons (Fsp3) is 0.158. The summed E-state index contributed by atoms with van der Waals surface area (Å²) in [7, 11) is 0. The summed E-state index contributed by atoms with van der Waals surface area (Å²) in [4.78, 5) is 16.4. The number of hydrogen-bond acceptors (Lipinski definition) is 4. The van der Waals surface area contributed by atoms with Gasteiger partial charge in [0.25, 0.3) is 0 Å². The van der Waals surface area contributed by atoms with E-state index in [0.717, 1.165) is 11.1 Å². The summed E-state index contributed by atoms with van der Waals surface area (Å²) in [5, 5.41) is 0.859. The monoisotopic (exact) mass is 375 g/mol. The van der Waals surface area contributed by atoms with Crippen LogP contribution in [0.15, 0.2) is 52.9 Å². The first-order valence-corrected chi connectivity index (χ1v) is 8.40. The van der Waals surface area contributed by atoms with E-state index >= 15 is 0 Å². The number of ether oxygens (including phenoxy) is 1. The number of rotatable bonds is 5. The van der Waals surface area contributed by atoms with E-state index in [1.54, 1.807) is 25.1 Å². The fourth-order valence-corrected chi connectivity index (χ4v) is 2.60. The molecule has 0 saturated carbocycles. The molecule has 0 N–H and O–H groups in total. The summed E-state index contributed by atoms with van der Waals surface area (Å²) in [6.45, 7) is 1.85. The summed E-state index contributed by atoms with van der Waals surface area (Å²) >= 11 is 11.8. The number of esters is 1. The Kier molecular flexibility index (Phi) is 5.41. The topological polar surface area (TPSA) is 52.3 Å². The molecule has 0 bridgehead atoms. The van der Waals surface area contributed by atoms with Crippen molar-refractivity contribution in [2.24, 2.45) is 0 Å². The molecule has 1 aromatic heterocycles. The minimum atomic E-state index is -0.373. The van der Waals surface area contributed by atoms with Crippen molar-refractivity contribution in [1.82, 2.24) is 4.98 Å². The molecule has 0 amide bonds. The molecular formula is C19H15Cl2NO3. The van der Waals surface area contributed by atoms with Crippen LogP contribution < -0.4 is 0 Å². The van der Waals surface area contributed by atoms with E-state index in [1.165, 1.54) is 0 Å². The van der Waals surface area contributed by atoms with Crippen LogP contribution in [-0.4, -0.2) is 11.0 Å². The Morgan fingerprint density at radius 3 is 2.60 bits per heavy atom. The highest BCUT2D eigenvalue weighted by Gasteiger charge is 2.14. The lowest BCUT2D eigenvalue weighted by atomic mass is 10.1. The normalized spacial score (nSPS) is 10.7. The molecule has 4 nitrogen and oxygen atoms in total. The largest absolute Gasteiger partial charge is 0.459 e. The van der Waals surface area contributed by atoms with Gasteiger partial charge in [-0.3, -0.25) is 4.79 Å². The van der Waals surface area contributed by atoms with Crippen LogP contribution in [0.2, 0.25) is 10.0 Å². The van der Waals surface area contributed by atoms with Gasteiger partial charge in [-0.05, 0) is 36.8 Å². The molecule has 0 atom stereocenters. The number of hydrogen-bond donors (Lipinski definition) is 0. The highest BCUT2D eigenvalue weighted by molar-refractivity contribution is 6.42. The molecule has 6 heteroatoms. The molecule has 3 rings (SSSR count). The maximum atomic E-state index is 12.0. The Labute approximate surface area is 155 Å². The number of oxazole rings is 1. The van der Waals surface area contributed by atoms with Gasteiger partial charge in [-0.15, -0.1) is 0 Å². The zero-order valence-corrected chi connectivity index (χ0v) is 15.0. The van der Waals surface area contributed by atoms with Gasteiger partial charge in [-0.25, -0.2) is 4.98 Å². The Morgan fingerprint density at radius 2 is 1.88 bits per heavy atom. The van der Waals surface area contributed by atoms with Gasteiger partial charge < -0.3 is 9.15 Å². The number of aryl methyl sites for hydroxylation is 1. The Morgan fingerprint density at radius 1 is 1.12 bits per heavy atom. The molecule has 2 aromatic carbocycles. The van der Waals surface area contributed by atoms with Crippen molar-refractivity contribution in [1.29, 1.82) is 0 Å². The van der Waals surface area contributed by atoms with Crippen LogP contribution in [-0.2, 0) is 22.6 Å². The van der Waals surface area contributed by atoms with Crippen LogP contribution in [0.25, 0.3) is 11.5 Å². The second-order valence-electron chi connectivity index (χ2n) is 5.47. The predicted octanol–water partition coefficient (Wildman–Crippen LogP) is 5.24. The van der Waals surface area contributed by atoms with Gasteiger partial charge in [0.2, 0.25) is 5.89 Å². The number of halogens is 2. The molecule has 0 aliphatic heterocycles. The first-order valence-electron chi connectivity index (χ1n) is 7.64. The van der Waals surface area contributed by atoms with Gasteiger partial charge in [-0.2, -0.15) is 0 Å². The van der Waals surface area contributed by atoms with Crippen molar-refractivity contribution in [3.63, 3.8) is 0 Å². The molecule has 1 heterocycles. The quantitative estimate of drug-likeness (QED) is 0.572. The van der Waals surface area contributed by atoms with Crippen LogP contribution in [0.1, 0.15) is 17.0 Å². The number of aromatic nitrogens is 1. The molecule has 0 unspecified atom stereocenters. The van der Waals surface area contributed by atoms with Crippen molar-refractivity contribution in [2.75, 3.05) is 0 Å². The zero-order chi connectivity index (χ0) is 17.8. The number of benzene rings is 2. The molecule has 25 heavy (non-hydrogen) atoms. The average Bonchev–Trinajstić information content (AvgIpc) is 2.98. The van der Waals surface area contributed by atoms with Gasteiger partial charge in [0.05, 0.1) is 16.5 Å². The van der Waals surface area contributed by atoms with Gasteiger partial charge in [0, 0.05) is 5.56 Å². The van der Waals surface area contributed by atoms with E-state index in [2.05, 4.69) is 4.98 Å². The average molecular weight is 376 g/mol. The second kappa shape index (κ2) is 7.72. The summed E-state index contributed by atoms with van der Waals surface area (Å²) in [6.07, 6.45) is 0.110. The smallest absolute Gasteiger partial charge is 0.310 e. The lowest BCUT2D eigenvalue weighted by Crippen LogP contribution is -2.08. The lowest BCUT2D eigenvalue weighted by molar-refractivity contribution is -0.144. The van der Waals surface area contributed by atoms with Crippen molar-refractivity contribution in [2.45, 2.75) is 20.0 Å². The molecule has 0 radical (unpaired) electrons. The van der Waals surface area contributed by atoms with Crippen molar-refractivity contribution in [3.05, 3.63) is 75.6 Å². The molecule has 3 aromatic rings. The van der Waals surface area contributed by atoms with Crippen LogP contribution in [0.3, 0.4) is 0 Å². The first kappa shape index (κ1) is 17.5. The minimum absolute atomic E-state index is 0.0579. The van der Waals surface area contributed by atoms with Crippen molar-refractivity contribution in [3.8, 4) is 11.5 Å².